The lowest BCUT2D eigenvalue weighted by molar-refractivity contribution is 0.596. The molecule has 4 aromatic carbocycles. The molecule has 0 saturated carbocycles. The van der Waals surface area contributed by atoms with Crippen molar-refractivity contribution in [2.75, 3.05) is 0 Å². The molecule has 1 heterocycles. The van der Waals surface area contributed by atoms with Gasteiger partial charge < -0.3 is 4.57 Å². The highest BCUT2D eigenvalue weighted by Gasteiger charge is 2.35. The van der Waals surface area contributed by atoms with Crippen LogP contribution in [-0.2, 0) is 5.16 Å². The number of aromatic nitrogens is 2. The molecule has 0 spiro atoms. The number of allylic oxidation sites excluding steroid dienone is 1. The maximum Gasteiger partial charge on any atom is 0.103 e. The first-order valence-electron chi connectivity index (χ1n) is 14.0. The van der Waals surface area contributed by atoms with Crippen LogP contribution in [0.1, 0.15) is 48.9 Å². The molecule has 0 atom stereocenters. The minimum atomic E-state index is -0.656. The highest BCUT2D eigenvalue weighted by Crippen LogP contribution is 2.34. The summed E-state index contributed by atoms with van der Waals surface area (Å²) < 4.78 is 2.31. The first-order chi connectivity index (χ1) is 19.7. The van der Waals surface area contributed by atoms with Crippen molar-refractivity contribution in [2.45, 2.75) is 31.9 Å². The molecule has 0 saturated heterocycles. The molecule has 5 rings (SSSR count). The van der Waals surface area contributed by atoms with Crippen LogP contribution in [0.25, 0.3) is 5.57 Å². The molecule has 2 nitrogen and oxygen atoms in total. The Bertz CT molecular complexity index is 1380. The summed E-state index contributed by atoms with van der Waals surface area (Å²) in [5.74, 6) is 1.66. The number of nitrogens with zero attached hydrogens (tertiary/aromatic N) is 2. The summed E-state index contributed by atoms with van der Waals surface area (Å²) in [4.78, 5) is 4.37. The first-order valence-corrected chi connectivity index (χ1v) is 15.5. The van der Waals surface area contributed by atoms with Crippen LogP contribution in [0.4, 0.5) is 0 Å². The van der Waals surface area contributed by atoms with Gasteiger partial charge in [-0.25, -0.2) is 4.98 Å². The van der Waals surface area contributed by atoms with Crippen molar-refractivity contribution in [3.8, 4) is 0 Å². The monoisotopic (exact) mass is 536 g/mol. The Morgan fingerprint density at radius 2 is 1.18 bits per heavy atom. The van der Waals surface area contributed by atoms with Gasteiger partial charge in [0.15, 0.2) is 0 Å². The minimum absolute atomic E-state index is 0.144. The predicted octanol–water partition coefficient (Wildman–Crippen LogP) is 7.75. The lowest BCUT2D eigenvalue weighted by Gasteiger charge is -2.36. The second-order valence-electron chi connectivity index (χ2n) is 9.65. The van der Waals surface area contributed by atoms with Crippen molar-refractivity contribution < 1.29 is 0 Å². The van der Waals surface area contributed by atoms with Crippen molar-refractivity contribution in [3.05, 3.63) is 180 Å². The average Bonchev–Trinajstić information content (AvgIpc) is 3.58. The van der Waals surface area contributed by atoms with Crippen molar-refractivity contribution in [2.24, 2.45) is 0 Å². The maximum atomic E-state index is 5.67. The van der Waals surface area contributed by atoms with Gasteiger partial charge in [-0.15, -0.1) is 5.98 Å². The van der Waals surface area contributed by atoms with E-state index in [0.29, 0.717) is 0 Å². The number of imidazole rings is 1. The molecule has 40 heavy (non-hydrogen) atoms. The molecular formula is C36H37BN2Si. The third-order valence-corrected chi connectivity index (χ3v) is 9.93. The van der Waals surface area contributed by atoms with E-state index in [1.54, 1.807) is 11.5 Å². The highest BCUT2D eigenvalue weighted by atomic mass is 28.2. The Kier molecular flexibility index (Phi) is 10.7. The molecule has 0 fully saturated rings. The van der Waals surface area contributed by atoms with Crippen molar-refractivity contribution >= 4 is 22.9 Å². The van der Waals surface area contributed by atoms with Crippen LogP contribution in [0.3, 0.4) is 0 Å². The molecule has 5 aromatic rings. The summed E-state index contributed by atoms with van der Waals surface area (Å²) in [6, 6.07) is 42.1. The van der Waals surface area contributed by atoms with E-state index in [1.807, 2.05) is 48.9 Å². The third-order valence-electron chi connectivity index (χ3n) is 7.38. The van der Waals surface area contributed by atoms with Gasteiger partial charge >= 0.3 is 0 Å². The summed E-state index contributed by atoms with van der Waals surface area (Å²) in [6.45, 7) is 4.52. The molecule has 1 aromatic heterocycles. The smallest absolute Gasteiger partial charge is 0.103 e. The number of hydrogen-bond acceptors (Lipinski definition) is 1. The zero-order valence-electron chi connectivity index (χ0n) is 23.5. The molecular weight excluding hydrogens is 499 g/mol. The predicted molar refractivity (Wildman–Crippen MR) is 174 cm³/mol. The van der Waals surface area contributed by atoms with Crippen LogP contribution >= 0.6 is 0 Å². The molecule has 4 heteroatoms. The topological polar surface area (TPSA) is 17.8 Å². The van der Waals surface area contributed by atoms with E-state index in [1.165, 1.54) is 11.1 Å². The zero-order valence-corrected chi connectivity index (χ0v) is 24.9. The number of rotatable bonds is 9. The van der Waals surface area contributed by atoms with E-state index in [2.05, 4.69) is 120 Å². The molecule has 0 bridgehead atoms. The van der Waals surface area contributed by atoms with E-state index in [4.69, 9.17) is 7.85 Å². The molecule has 0 amide bonds. The fourth-order valence-electron chi connectivity index (χ4n) is 5.14. The van der Waals surface area contributed by atoms with E-state index < -0.39 is 9.52 Å². The van der Waals surface area contributed by atoms with Crippen LogP contribution in [0.5, 0.6) is 0 Å². The van der Waals surface area contributed by atoms with Crippen LogP contribution in [0.15, 0.2) is 157 Å². The van der Waals surface area contributed by atoms with E-state index in [-0.39, 0.29) is 5.16 Å². The van der Waals surface area contributed by atoms with Gasteiger partial charge in [-0.3, -0.25) is 0 Å². The van der Waals surface area contributed by atoms with Crippen LogP contribution in [-0.4, -0.2) is 26.9 Å². The van der Waals surface area contributed by atoms with Crippen molar-refractivity contribution in [1.29, 1.82) is 0 Å². The second kappa shape index (κ2) is 14.9. The molecule has 0 aliphatic rings. The van der Waals surface area contributed by atoms with Gasteiger partial charge in [-0.2, -0.15) is 0 Å². The molecule has 2 radical (unpaired) electrons. The van der Waals surface area contributed by atoms with Gasteiger partial charge in [-0.05, 0) is 40.7 Å². The van der Waals surface area contributed by atoms with Gasteiger partial charge in [0.1, 0.15) is 7.85 Å². The second-order valence-corrected chi connectivity index (χ2v) is 11.5. The summed E-state index contributed by atoms with van der Waals surface area (Å²) >= 11 is 0. The number of hydrogen-bond donors (Lipinski definition) is 0. The Morgan fingerprint density at radius 1 is 0.725 bits per heavy atom. The summed E-state index contributed by atoms with van der Waals surface area (Å²) in [6.07, 6.45) is 8.23. The lowest BCUT2D eigenvalue weighted by atomic mass is 9.92. The molecule has 0 unspecified atom stereocenters. The van der Waals surface area contributed by atoms with Gasteiger partial charge in [0.25, 0.3) is 0 Å². The normalized spacial score (nSPS) is 10.9. The maximum absolute atomic E-state index is 5.67. The van der Waals surface area contributed by atoms with E-state index in [0.717, 1.165) is 29.5 Å². The first kappa shape index (κ1) is 28.8. The van der Waals surface area contributed by atoms with Gasteiger partial charge in [0, 0.05) is 12.4 Å². The summed E-state index contributed by atoms with van der Waals surface area (Å²) in [5.41, 5.74) is 10.2. The summed E-state index contributed by atoms with van der Waals surface area (Å²) in [7, 11) is 5.02. The fourth-order valence-corrected chi connectivity index (χ4v) is 7.65. The van der Waals surface area contributed by atoms with Crippen LogP contribution < -0.4 is 0 Å². The average molecular weight is 537 g/mol. The van der Waals surface area contributed by atoms with E-state index in [9.17, 15) is 0 Å². The number of benzene rings is 4. The Balaban J connectivity index is 0.000000210. The van der Waals surface area contributed by atoms with Crippen LogP contribution in [0, 0.1) is 0 Å². The van der Waals surface area contributed by atoms with Gasteiger partial charge in [0.2, 0.25) is 0 Å². The van der Waals surface area contributed by atoms with Crippen molar-refractivity contribution in [1.82, 2.24) is 9.55 Å². The lowest BCUT2D eigenvalue weighted by Crippen LogP contribution is -2.41. The Morgan fingerprint density at radius 3 is 1.55 bits per heavy atom. The highest BCUT2D eigenvalue weighted by molar-refractivity contribution is 6.47. The van der Waals surface area contributed by atoms with E-state index >= 15 is 0 Å². The molecule has 0 N–H and O–H groups in total. The Labute approximate surface area is 243 Å². The SMILES string of the molecule is CCC(=C[SiH2]C(c1ccccc1)(c1ccccc1)n1ccnc1)CC.[B]C=C(c1ccccc1)c1ccccc1. The minimum Gasteiger partial charge on any atom is -0.326 e. The molecule has 198 valence electrons. The third kappa shape index (κ3) is 6.88. The zero-order chi connectivity index (χ0) is 28.0. The van der Waals surface area contributed by atoms with Crippen molar-refractivity contribution in [3.63, 3.8) is 0 Å². The van der Waals surface area contributed by atoms with Crippen LogP contribution in [0.2, 0.25) is 0 Å². The molecule has 0 aliphatic carbocycles. The van der Waals surface area contributed by atoms with Gasteiger partial charge in [-0.1, -0.05) is 146 Å². The summed E-state index contributed by atoms with van der Waals surface area (Å²) in [5, 5.41) is -0.144. The fraction of sp³-hybridized carbons (Fsp3) is 0.139. The quantitative estimate of drug-likeness (QED) is 0.176. The molecule has 0 aliphatic heterocycles. The Hall–Kier alpha value is -4.15. The largest absolute Gasteiger partial charge is 0.326 e. The van der Waals surface area contributed by atoms with Gasteiger partial charge in [0.05, 0.1) is 21.0 Å². The standard InChI is InChI=1S/C22H26N2Si.C14H11B/c1-3-19(4-2)17-25-22(24-16-15-23-18-24,20-11-7-5-8-12-20)21-13-9-6-10-14-21;15-11-14(12-7-3-1-4-8-12)13-9-5-2-6-10-13/h5-18H,3-4,25H2,1-2H3;1-11H.